The molecule has 0 heterocycles. The Balaban J connectivity index is 0.000000924. The molecule has 0 unspecified atom stereocenters. The van der Waals surface area contributed by atoms with Crippen LogP contribution in [0.25, 0.3) is 0 Å². The molecule has 0 N–H and O–H groups in total. The Bertz CT molecular complexity index is 655. The molecule has 0 fully saturated rings. The van der Waals surface area contributed by atoms with Crippen molar-refractivity contribution in [3.8, 4) is 5.54 Å². The summed E-state index contributed by atoms with van der Waals surface area (Å²) in [6.07, 6.45) is 8.13. The van der Waals surface area contributed by atoms with Gasteiger partial charge in [0.05, 0.1) is 0 Å². The van der Waals surface area contributed by atoms with Crippen LogP contribution < -0.4 is 15.6 Å². The zero-order valence-electron chi connectivity index (χ0n) is 12.7. The standard InChI is InChI=1S/C20H15Si.BrH.Zn/c1-2-21(18-12-6-3-7-13-18,19-14-8-4-9-15-19)20-16-10-5-11-17-20;;/h3-17H;1H;/q-1;;+2/p-1. The molecule has 3 heteroatoms. The van der Waals surface area contributed by atoms with E-state index in [2.05, 4.69) is 55.6 Å². The van der Waals surface area contributed by atoms with E-state index in [0.717, 1.165) is 0 Å². The van der Waals surface area contributed by atoms with Crippen molar-refractivity contribution in [3.05, 3.63) is 97.4 Å². The molecular weight excluding hydrogens is 414 g/mol. The summed E-state index contributed by atoms with van der Waals surface area (Å²) in [6, 6.07) is 31.0. The van der Waals surface area contributed by atoms with Crippen LogP contribution in [0.1, 0.15) is 0 Å². The molecule has 108 valence electrons. The summed E-state index contributed by atoms with van der Waals surface area (Å²) >= 11 is 4.25. The van der Waals surface area contributed by atoms with Crippen molar-refractivity contribution in [3.63, 3.8) is 0 Å². The monoisotopic (exact) mass is 426 g/mol. The van der Waals surface area contributed by atoms with Crippen LogP contribution in [0.2, 0.25) is 0 Å². The molecule has 0 aliphatic heterocycles. The Labute approximate surface area is 156 Å². The number of hydrogen-bond acceptors (Lipinski definition) is 0. The third kappa shape index (κ3) is 3.72. The second-order valence-corrected chi connectivity index (χ2v) is 8.46. The van der Waals surface area contributed by atoms with Gasteiger partial charge in [-0.2, -0.15) is 0 Å². The second kappa shape index (κ2) is 8.99. The Morgan fingerprint density at radius 1 is 0.609 bits per heavy atom. The van der Waals surface area contributed by atoms with Gasteiger partial charge < -0.3 is 12.0 Å². The minimum absolute atomic E-state index is 1.19. The van der Waals surface area contributed by atoms with Gasteiger partial charge in [-0.1, -0.05) is 91.0 Å². The van der Waals surface area contributed by atoms with E-state index in [1.807, 2.05) is 54.6 Å². The molecule has 0 amide bonds. The molecule has 0 spiro atoms. The molecule has 3 aromatic carbocycles. The average Bonchev–Trinajstić information content (AvgIpc) is 2.67. The maximum atomic E-state index is 8.13. The molecule has 0 atom stereocenters. The third-order valence-electron chi connectivity index (χ3n) is 3.81. The van der Waals surface area contributed by atoms with Crippen molar-refractivity contribution >= 4 is 37.3 Å². The van der Waals surface area contributed by atoms with E-state index in [-0.39, 0.29) is 0 Å². The first-order valence-corrected chi connectivity index (χ1v) is 16.2. The van der Waals surface area contributed by atoms with Gasteiger partial charge >= 0.3 is 30.0 Å². The van der Waals surface area contributed by atoms with Gasteiger partial charge in [-0.05, 0) is 15.6 Å². The van der Waals surface area contributed by atoms with Gasteiger partial charge in [-0.15, -0.1) is 0 Å². The quantitative estimate of drug-likeness (QED) is 0.260. The van der Waals surface area contributed by atoms with Gasteiger partial charge in [0.15, 0.2) is 8.07 Å². The molecule has 0 aromatic heterocycles. The Morgan fingerprint density at radius 3 is 1.09 bits per heavy atom. The van der Waals surface area contributed by atoms with E-state index in [0.29, 0.717) is 0 Å². The van der Waals surface area contributed by atoms with Gasteiger partial charge in [0.2, 0.25) is 0 Å². The number of halogens is 1. The summed E-state index contributed by atoms with van der Waals surface area (Å²) in [5.41, 5.74) is 2.95. The minimum atomic E-state index is -2.48. The van der Waals surface area contributed by atoms with Crippen LogP contribution in [0.5, 0.6) is 0 Å². The summed E-state index contributed by atoms with van der Waals surface area (Å²) in [4.78, 5) is 0. The van der Waals surface area contributed by atoms with Gasteiger partial charge in [0.25, 0.3) is 0 Å². The molecule has 0 aliphatic rings. The van der Waals surface area contributed by atoms with Crippen molar-refractivity contribution < 1.29 is 16.3 Å². The zero-order valence-corrected chi connectivity index (χ0v) is 18.3. The third-order valence-corrected chi connectivity index (χ3v) is 7.78. The van der Waals surface area contributed by atoms with E-state index >= 15 is 0 Å². The van der Waals surface area contributed by atoms with Gasteiger partial charge in [0.1, 0.15) is 0 Å². The Hall–Kier alpha value is -1.46. The van der Waals surface area contributed by atoms with Crippen LogP contribution >= 0.6 is 13.6 Å². The van der Waals surface area contributed by atoms with E-state index in [4.69, 9.17) is 6.42 Å². The fraction of sp³-hybridized carbons (Fsp3) is 0. The van der Waals surface area contributed by atoms with Crippen molar-refractivity contribution in [1.82, 2.24) is 0 Å². The molecule has 3 aromatic rings. The summed E-state index contributed by atoms with van der Waals surface area (Å²) in [6.45, 7) is 0. The second-order valence-electron chi connectivity index (χ2n) is 4.97. The number of hydrogen-bond donors (Lipinski definition) is 0. The van der Waals surface area contributed by atoms with Crippen LogP contribution in [0.3, 0.4) is 0 Å². The normalized spacial score (nSPS) is 10.2. The van der Waals surface area contributed by atoms with Crippen molar-refractivity contribution in [1.29, 1.82) is 0 Å². The SMILES string of the molecule is [C-]#C[Si](c1ccccc1)(c1ccccc1)c1ccccc1.[Zn+][Br]. The summed E-state index contributed by atoms with van der Waals surface area (Å²) in [5.74, 6) is 0. The Kier molecular flexibility index (Phi) is 6.99. The molecule has 0 bridgehead atoms. The van der Waals surface area contributed by atoms with Crippen molar-refractivity contribution in [2.24, 2.45) is 0 Å². The molecule has 23 heavy (non-hydrogen) atoms. The Morgan fingerprint density at radius 2 is 0.870 bits per heavy atom. The maximum absolute atomic E-state index is 8.13. The van der Waals surface area contributed by atoms with Crippen LogP contribution in [0.15, 0.2) is 91.0 Å². The topological polar surface area (TPSA) is 0 Å². The summed E-state index contributed by atoms with van der Waals surface area (Å²) in [5, 5.41) is 3.58. The molecule has 0 saturated carbocycles. The first kappa shape index (κ1) is 17.9. The van der Waals surface area contributed by atoms with Gasteiger partial charge in [-0.3, -0.25) is 0 Å². The predicted molar refractivity (Wildman–Crippen MR) is 100 cm³/mol. The van der Waals surface area contributed by atoms with E-state index in [1.54, 1.807) is 0 Å². The summed E-state index contributed by atoms with van der Waals surface area (Å²) in [7, 11) is -2.48. The molecule has 3 rings (SSSR count). The first-order chi connectivity index (χ1) is 11.4. The molecule has 0 aliphatic carbocycles. The molecule has 0 saturated heterocycles. The fourth-order valence-electron chi connectivity index (χ4n) is 2.78. The van der Waals surface area contributed by atoms with E-state index < -0.39 is 8.07 Å². The summed E-state index contributed by atoms with van der Waals surface area (Å²) < 4.78 is 0. The fourth-order valence-corrected chi connectivity index (χ4v) is 6.29. The van der Waals surface area contributed by atoms with Crippen LogP contribution in [0.4, 0.5) is 0 Å². The van der Waals surface area contributed by atoms with Crippen molar-refractivity contribution in [2.45, 2.75) is 0 Å². The van der Waals surface area contributed by atoms with E-state index in [9.17, 15) is 0 Å². The first-order valence-electron chi connectivity index (χ1n) is 7.25. The van der Waals surface area contributed by atoms with Gasteiger partial charge in [0, 0.05) is 0 Å². The number of rotatable bonds is 3. The van der Waals surface area contributed by atoms with Crippen molar-refractivity contribution in [2.75, 3.05) is 0 Å². The predicted octanol–water partition coefficient (Wildman–Crippen LogP) is 3.13. The van der Waals surface area contributed by atoms with Crippen LogP contribution in [0, 0.1) is 12.0 Å². The van der Waals surface area contributed by atoms with Crippen LogP contribution in [-0.4, -0.2) is 8.07 Å². The van der Waals surface area contributed by atoms with Crippen LogP contribution in [-0.2, 0) is 16.3 Å². The zero-order chi connectivity index (χ0) is 16.5. The average molecular weight is 429 g/mol. The number of benzene rings is 3. The van der Waals surface area contributed by atoms with E-state index in [1.165, 1.54) is 31.9 Å². The molecule has 0 nitrogen and oxygen atoms in total. The van der Waals surface area contributed by atoms with Gasteiger partial charge in [-0.25, -0.2) is 0 Å². The molecule has 0 radical (unpaired) electrons. The molecular formula is C20H15BrSiZn.